The first-order valence-corrected chi connectivity index (χ1v) is 4.63. The Kier molecular flexibility index (Phi) is 2.39. The summed E-state index contributed by atoms with van der Waals surface area (Å²) in [6.45, 7) is 1.77. The first-order valence-electron chi connectivity index (χ1n) is 4.63. The van der Waals surface area contributed by atoms with E-state index in [4.69, 9.17) is 5.84 Å². The number of carbonyl (C=O) groups is 1. The van der Waals surface area contributed by atoms with E-state index in [0.717, 1.165) is 5.69 Å². The molecule has 1 aliphatic rings. The van der Waals surface area contributed by atoms with Gasteiger partial charge in [-0.25, -0.2) is 11.3 Å². The van der Waals surface area contributed by atoms with Gasteiger partial charge < -0.3 is 0 Å². The van der Waals surface area contributed by atoms with Gasteiger partial charge in [-0.3, -0.25) is 9.80 Å². The largest absolute Gasteiger partial charge is 0.293 e. The molecule has 0 spiro atoms. The maximum atomic E-state index is 11.5. The highest BCUT2D eigenvalue weighted by atomic mass is 16.2. The second kappa shape index (κ2) is 3.70. The van der Waals surface area contributed by atoms with Crippen molar-refractivity contribution in [1.29, 1.82) is 0 Å². The van der Waals surface area contributed by atoms with Gasteiger partial charge in [0.25, 0.3) is 5.91 Å². The summed E-state index contributed by atoms with van der Waals surface area (Å²) in [5.41, 5.74) is 3.86. The van der Waals surface area contributed by atoms with Crippen molar-refractivity contribution in [3.05, 3.63) is 30.3 Å². The van der Waals surface area contributed by atoms with E-state index >= 15 is 0 Å². The average molecular weight is 204 g/mol. The van der Waals surface area contributed by atoms with Gasteiger partial charge >= 0.3 is 0 Å². The zero-order valence-corrected chi connectivity index (χ0v) is 8.34. The van der Waals surface area contributed by atoms with Crippen molar-refractivity contribution >= 4 is 17.3 Å². The molecule has 2 rings (SSSR count). The minimum absolute atomic E-state index is 0.196. The van der Waals surface area contributed by atoms with Crippen molar-refractivity contribution in [3.8, 4) is 0 Å². The lowest BCUT2D eigenvalue weighted by molar-refractivity contribution is -0.120. The molecule has 5 heteroatoms. The van der Waals surface area contributed by atoms with Crippen molar-refractivity contribution in [2.75, 3.05) is 5.01 Å². The molecule has 1 aromatic rings. The van der Waals surface area contributed by atoms with Crippen LogP contribution in [-0.4, -0.2) is 17.7 Å². The molecule has 1 aromatic carbocycles. The predicted molar refractivity (Wildman–Crippen MR) is 58.1 cm³/mol. The van der Waals surface area contributed by atoms with Crippen LogP contribution in [0.2, 0.25) is 0 Å². The van der Waals surface area contributed by atoms with Gasteiger partial charge in [-0.05, 0) is 19.1 Å². The van der Waals surface area contributed by atoms with E-state index in [1.807, 2.05) is 30.3 Å². The van der Waals surface area contributed by atoms with Crippen molar-refractivity contribution in [3.63, 3.8) is 0 Å². The number of amides is 1. The third kappa shape index (κ3) is 1.69. The Morgan fingerprint density at radius 1 is 1.40 bits per heavy atom. The first-order chi connectivity index (χ1) is 7.20. The lowest BCUT2D eigenvalue weighted by Gasteiger charge is -2.23. The summed E-state index contributed by atoms with van der Waals surface area (Å²) < 4.78 is 0. The molecule has 5 nitrogen and oxygen atoms in total. The Bertz CT molecular complexity index is 401. The van der Waals surface area contributed by atoms with Crippen molar-refractivity contribution in [2.24, 2.45) is 10.9 Å². The highest BCUT2D eigenvalue weighted by Gasteiger charge is 2.31. The fraction of sp³-hybridized carbons (Fsp3) is 0.200. The topological polar surface area (TPSA) is 70.7 Å². The summed E-state index contributed by atoms with van der Waals surface area (Å²) >= 11 is 0. The number of carbonyl (C=O) groups excluding carboxylic acids is 1. The molecular weight excluding hydrogens is 192 g/mol. The number of nitrogens with one attached hydrogen (secondary N) is 1. The molecule has 0 fully saturated rings. The van der Waals surface area contributed by atoms with Crippen LogP contribution in [0.15, 0.2) is 35.4 Å². The Hall–Kier alpha value is -1.88. The molecule has 1 aliphatic heterocycles. The number of nitrogens with zero attached hydrogens (tertiary/aromatic N) is 2. The number of hydrazone groups is 1. The third-order valence-corrected chi connectivity index (χ3v) is 2.32. The maximum absolute atomic E-state index is 11.5. The zero-order valence-electron chi connectivity index (χ0n) is 8.34. The number of nitrogens with two attached hydrogens (primary N) is 1. The van der Waals surface area contributed by atoms with E-state index in [2.05, 4.69) is 10.5 Å². The van der Waals surface area contributed by atoms with Crippen LogP contribution in [0.1, 0.15) is 6.92 Å². The van der Waals surface area contributed by atoms with Gasteiger partial charge in [0, 0.05) is 0 Å². The molecule has 0 saturated carbocycles. The number of benzene rings is 1. The lowest BCUT2D eigenvalue weighted by Crippen LogP contribution is -2.49. The predicted octanol–water partition coefficient (Wildman–Crippen LogP) is 0.241. The van der Waals surface area contributed by atoms with Gasteiger partial charge in [-0.15, -0.1) is 0 Å². The quantitative estimate of drug-likeness (QED) is 0.535. The van der Waals surface area contributed by atoms with Gasteiger partial charge in [0.1, 0.15) is 0 Å². The van der Waals surface area contributed by atoms with E-state index in [1.54, 1.807) is 6.92 Å². The van der Waals surface area contributed by atoms with Crippen LogP contribution in [-0.2, 0) is 4.79 Å². The molecule has 78 valence electrons. The molecule has 0 bridgehead atoms. The van der Waals surface area contributed by atoms with E-state index in [9.17, 15) is 4.79 Å². The van der Waals surface area contributed by atoms with Crippen molar-refractivity contribution in [2.45, 2.75) is 13.0 Å². The molecular formula is C10H12N4O. The smallest absolute Gasteiger partial charge is 0.270 e. The molecule has 0 aliphatic carbocycles. The molecule has 3 N–H and O–H groups in total. The van der Waals surface area contributed by atoms with Gasteiger partial charge in [0.05, 0.1) is 11.4 Å². The van der Waals surface area contributed by atoms with Gasteiger partial charge in [0.15, 0.2) is 6.04 Å². The summed E-state index contributed by atoms with van der Waals surface area (Å²) in [6.07, 6.45) is 0. The minimum atomic E-state index is -0.507. The van der Waals surface area contributed by atoms with E-state index in [-0.39, 0.29) is 5.91 Å². The van der Waals surface area contributed by atoms with Gasteiger partial charge in [-0.1, -0.05) is 18.2 Å². The lowest BCUT2D eigenvalue weighted by atomic mass is 10.1. The summed E-state index contributed by atoms with van der Waals surface area (Å²) in [6, 6.07) is 8.82. The second-order valence-corrected chi connectivity index (χ2v) is 3.37. The number of para-hydroxylation sites is 1. The van der Waals surface area contributed by atoms with Crippen molar-refractivity contribution in [1.82, 2.24) is 5.43 Å². The Labute approximate surface area is 87.5 Å². The summed E-state index contributed by atoms with van der Waals surface area (Å²) in [7, 11) is 0. The molecule has 1 atom stereocenters. The molecule has 1 heterocycles. The average Bonchev–Trinajstić information content (AvgIpc) is 2.59. The summed E-state index contributed by atoms with van der Waals surface area (Å²) in [4.78, 5) is 11.5. The third-order valence-electron chi connectivity index (χ3n) is 2.32. The Morgan fingerprint density at radius 3 is 2.60 bits per heavy atom. The monoisotopic (exact) mass is 204 g/mol. The molecule has 0 saturated heterocycles. The fourth-order valence-corrected chi connectivity index (χ4v) is 1.53. The van der Waals surface area contributed by atoms with Crippen molar-refractivity contribution < 1.29 is 4.79 Å². The van der Waals surface area contributed by atoms with E-state index < -0.39 is 6.04 Å². The summed E-state index contributed by atoms with van der Waals surface area (Å²) in [5.74, 6) is 5.68. The van der Waals surface area contributed by atoms with Crippen LogP contribution in [0.5, 0.6) is 0 Å². The Morgan fingerprint density at radius 2 is 2.07 bits per heavy atom. The Balaban J connectivity index is 2.25. The molecule has 1 unspecified atom stereocenters. The minimum Gasteiger partial charge on any atom is -0.293 e. The van der Waals surface area contributed by atoms with Gasteiger partial charge in [0.2, 0.25) is 0 Å². The number of rotatable bonds is 2. The van der Waals surface area contributed by atoms with Crippen LogP contribution in [0.4, 0.5) is 5.69 Å². The number of anilines is 1. The zero-order chi connectivity index (χ0) is 10.8. The van der Waals surface area contributed by atoms with E-state index in [1.165, 1.54) is 5.01 Å². The highest BCUT2D eigenvalue weighted by molar-refractivity contribution is 6.13. The van der Waals surface area contributed by atoms with E-state index in [0.29, 0.717) is 5.71 Å². The molecule has 15 heavy (non-hydrogen) atoms. The first kappa shape index (κ1) is 9.67. The second-order valence-electron chi connectivity index (χ2n) is 3.37. The molecule has 1 amide bonds. The maximum Gasteiger partial charge on any atom is 0.270 e. The van der Waals surface area contributed by atoms with Crippen LogP contribution in [0, 0.1) is 0 Å². The number of hydrogen-bond acceptors (Lipinski definition) is 4. The standard InChI is InChI=1S/C10H12N4O/c1-7-9(10(15)13-12-7)14(11)8-5-3-2-4-6-8/h2-6,9H,11H2,1H3,(H,13,15). The van der Waals surface area contributed by atoms with Crippen LogP contribution in [0.3, 0.4) is 0 Å². The highest BCUT2D eigenvalue weighted by Crippen LogP contribution is 2.15. The summed E-state index contributed by atoms with van der Waals surface area (Å²) in [5, 5.41) is 5.26. The number of hydrogen-bond donors (Lipinski definition) is 2. The molecule has 0 radical (unpaired) electrons. The van der Waals surface area contributed by atoms with Gasteiger partial charge in [-0.2, -0.15) is 5.10 Å². The van der Waals surface area contributed by atoms with Crippen LogP contribution < -0.4 is 16.3 Å². The van der Waals surface area contributed by atoms with Crippen LogP contribution in [0.25, 0.3) is 0 Å². The SMILES string of the molecule is CC1=NNC(=O)C1N(N)c1ccccc1. The molecule has 0 aromatic heterocycles. The van der Waals surface area contributed by atoms with Crippen LogP contribution >= 0.6 is 0 Å². The number of hydrazine groups is 1. The fourth-order valence-electron chi connectivity index (χ4n) is 1.53. The normalized spacial score (nSPS) is 19.7.